The van der Waals surface area contributed by atoms with E-state index in [1.165, 1.54) is 5.56 Å². The summed E-state index contributed by atoms with van der Waals surface area (Å²) in [7, 11) is 0. The lowest BCUT2D eigenvalue weighted by atomic mass is 9.94. The van der Waals surface area contributed by atoms with Crippen molar-refractivity contribution in [3.63, 3.8) is 0 Å². The number of nitrogens with zero attached hydrogens (tertiary/aromatic N) is 2. The largest absolute Gasteiger partial charge is 0.314 e. The maximum absolute atomic E-state index is 4.56. The molecule has 0 bridgehead atoms. The SMILES string of the molecule is CC(Cc1ccccc1)NCCCC(c1ccccn1)c1ccccn1. The average molecular weight is 345 g/mol. The van der Waals surface area contributed by atoms with Crippen molar-refractivity contribution in [1.82, 2.24) is 15.3 Å². The van der Waals surface area contributed by atoms with E-state index in [9.17, 15) is 0 Å². The van der Waals surface area contributed by atoms with Crippen molar-refractivity contribution >= 4 is 0 Å². The van der Waals surface area contributed by atoms with Crippen LogP contribution in [0.25, 0.3) is 0 Å². The van der Waals surface area contributed by atoms with Crippen LogP contribution in [0.2, 0.25) is 0 Å². The molecule has 0 saturated heterocycles. The number of rotatable bonds is 9. The molecule has 1 aromatic carbocycles. The molecule has 3 aromatic rings. The van der Waals surface area contributed by atoms with E-state index in [1.54, 1.807) is 0 Å². The van der Waals surface area contributed by atoms with Crippen molar-refractivity contribution in [2.24, 2.45) is 0 Å². The average Bonchev–Trinajstić information content (AvgIpc) is 2.70. The van der Waals surface area contributed by atoms with Crippen molar-refractivity contribution in [2.75, 3.05) is 6.54 Å². The molecule has 134 valence electrons. The van der Waals surface area contributed by atoms with Gasteiger partial charge < -0.3 is 5.32 Å². The molecule has 2 heterocycles. The molecule has 0 amide bonds. The zero-order valence-corrected chi connectivity index (χ0v) is 15.4. The van der Waals surface area contributed by atoms with E-state index in [0.29, 0.717) is 6.04 Å². The second kappa shape index (κ2) is 9.83. The Hall–Kier alpha value is -2.52. The molecule has 26 heavy (non-hydrogen) atoms. The smallest absolute Gasteiger partial charge is 0.0494 e. The molecule has 3 nitrogen and oxygen atoms in total. The molecular formula is C23H27N3. The first kappa shape index (κ1) is 18.3. The number of benzene rings is 1. The summed E-state index contributed by atoms with van der Waals surface area (Å²) in [6.45, 7) is 3.26. The molecule has 2 aromatic heterocycles. The van der Waals surface area contributed by atoms with E-state index in [4.69, 9.17) is 0 Å². The van der Waals surface area contributed by atoms with E-state index in [-0.39, 0.29) is 5.92 Å². The summed E-state index contributed by atoms with van der Waals surface area (Å²) in [6.07, 6.45) is 6.93. The molecule has 0 saturated carbocycles. The molecular weight excluding hydrogens is 318 g/mol. The normalized spacial score (nSPS) is 12.2. The van der Waals surface area contributed by atoms with Crippen LogP contribution in [-0.2, 0) is 6.42 Å². The molecule has 0 spiro atoms. The summed E-state index contributed by atoms with van der Waals surface area (Å²) < 4.78 is 0. The van der Waals surface area contributed by atoms with Gasteiger partial charge in [-0.25, -0.2) is 0 Å². The molecule has 0 fully saturated rings. The third-order valence-corrected chi connectivity index (χ3v) is 4.64. The van der Waals surface area contributed by atoms with Crippen LogP contribution < -0.4 is 5.32 Å². The van der Waals surface area contributed by atoms with Gasteiger partial charge in [0.05, 0.1) is 0 Å². The van der Waals surface area contributed by atoms with Crippen LogP contribution in [0, 0.1) is 0 Å². The van der Waals surface area contributed by atoms with Crippen molar-refractivity contribution < 1.29 is 0 Å². The minimum absolute atomic E-state index is 0.253. The summed E-state index contributed by atoms with van der Waals surface area (Å²) in [6, 6.07) is 23.4. The van der Waals surface area contributed by atoms with Crippen LogP contribution in [0.4, 0.5) is 0 Å². The first-order valence-electron chi connectivity index (χ1n) is 9.42. The summed E-state index contributed by atoms with van der Waals surface area (Å²) >= 11 is 0. The third-order valence-electron chi connectivity index (χ3n) is 4.64. The first-order valence-corrected chi connectivity index (χ1v) is 9.42. The number of aromatic nitrogens is 2. The number of hydrogen-bond acceptors (Lipinski definition) is 3. The van der Waals surface area contributed by atoms with E-state index in [1.807, 2.05) is 24.5 Å². The second-order valence-electron chi connectivity index (χ2n) is 6.75. The van der Waals surface area contributed by atoms with Gasteiger partial charge in [0.15, 0.2) is 0 Å². The van der Waals surface area contributed by atoms with Gasteiger partial charge in [0.25, 0.3) is 0 Å². The van der Waals surface area contributed by atoms with E-state index in [2.05, 4.69) is 76.8 Å². The van der Waals surface area contributed by atoms with Gasteiger partial charge in [0, 0.05) is 35.7 Å². The van der Waals surface area contributed by atoms with Crippen molar-refractivity contribution in [2.45, 2.75) is 38.1 Å². The monoisotopic (exact) mass is 345 g/mol. The fraction of sp³-hybridized carbons (Fsp3) is 0.304. The summed E-state index contributed by atoms with van der Waals surface area (Å²) in [5, 5.41) is 3.65. The second-order valence-corrected chi connectivity index (χ2v) is 6.75. The fourth-order valence-electron chi connectivity index (χ4n) is 3.31. The van der Waals surface area contributed by atoms with Gasteiger partial charge in [0.2, 0.25) is 0 Å². The lowest BCUT2D eigenvalue weighted by Gasteiger charge is -2.18. The quantitative estimate of drug-likeness (QED) is 0.576. The summed E-state index contributed by atoms with van der Waals surface area (Å²) in [5.74, 6) is 0.253. The molecule has 0 radical (unpaired) electrons. The van der Waals surface area contributed by atoms with Gasteiger partial charge in [-0.3, -0.25) is 9.97 Å². The summed E-state index contributed by atoms with van der Waals surface area (Å²) in [5.41, 5.74) is 3.58. The molecule has 1 atom stereocenters. The van der Waals surface area contributed by atoms with Crippen LogP contribution in [0.3, 0.4) is 0 Å². The van der Waals surface area contributed by atoms with Crippen molar-refractivity contribution in [1.29, 1.82) is 0 Å². The molecule has 1 N–H and O–H groups in total. The lowest BCUT2D eigenvalue weighted by Crippen LogP contribution is -2.29. The van der Waals surface area contributed by atoms with Crippen LogP contribution >= 0.6 is 0 Å². The van der Waals surface area contributed by atoms with Crippen LogP contribution in [0.1, 0.15) is 42.6 Å². The van der Waals surface area contributed by atoms with Crippen LogP contribution in [0.15, 0.2) is 79.1 Å². The zero-order chi connectivity index (χ0) is 18.0. The maximum Gasteiger partial charge on any atom is 0.0494 e. The highest BCUT2D eigenvalue weighted by atomic mass is 14.9. The molecule has 3 rings (SSSR count). The molecule has 3 heteroatoms. The van der Waals surface area contributed by atoms with E-state index in [0.717, 1.165) is 37.2 Å². The van der Waals surface area contributed by atoms with Gasteiger partial charge >= 0.3 is 0 Å². The van der Waals surface area contributed by atoms with Crippen molar-refractivity contribution in [3.05, 3.63) is 96.1 Å². The zero-order valence-electron chi connectivity index (χ0n) is 15.4. The molecule has 0 aliphatic heterocycles. The first-order chi connectivity index (χ1) is 12.8. The van der Waals surface area contributed by atoms with Gasteiger partial charge in [-0.1, -0.05) is 42.5 Å². The summed E-state index contributed by atoms with van der Waals surface area (Å²) in [4.78, 5) is 9.13. The topological polar surface area (TPSA) is 37.8 Å². The highest BCUT2D eigenvalue weighted by molar-refractivity contribution is 5.22. The molecule has 0 aliphatic carbocycles. The highest BCUT2D eigenvalue weighted by Gasteiger charge is 2.16. The minimum Gasteiger partial charge on any atom is -0.314 e. The number of nitrogens with one attached hydrogen (secondary N) is 1. The Morgan fingerprint density at radius 1 is 0.808 bits per heavy atom. The fourth-order valence-corrected chi connectivity index (χ4v) is 3.31. The van der Waals surface area contributed by atoms with Gasteiger partial charge in [-0.2, -0.15) is 0 Å². The Labute approximate surface area is 156 Å². The molecule has 1 unspecified atom stereocenters. The third kappa shape index (κ3) is 5.50. The Morgan fingerprint density at radius 2 is 1.42 bits per heavy atom. The minimum atomic E-state index is 0.253. The number of hydrogen-bond donors (Lipinski definition) is 1. The van der Waals surface area contributed by atoms with E-state index < -0.39 is 0 Å². The molecule has 0 aliphatic rings. The van der Waals surface area contributed by atoms with Crippen LogP contribution in [-0.4, -0.2) is 22.6 Å². The lowest BCUT2D eigenvalue weighted by molar-refractivity contribution is 0.512. The predicted octanol–water partition coefficient (Wildman–Crippen LogP) is 4.61. The van der Waals surface area contributed by atoms with E-state index >= 15 is 0 Å². The van der Waals surface area contributed by atoms with Gasteiger partial charge in [-0.15, -0.1) is 0 Å². The Balaban J connectivity index is 1.52. The van der Waals surface area contributed by atoms with Gasteiger partial charge in [0.1, 0.15) is 0 Å². The highest BCUT2D eigenvalue weighted by Crippen LogP contribution is 2.25. The Bertz CT molecular complexity index is 705. The van der Waals surface area contributed by atoms with Crippen molar-refractivity contribution in [3.8, 4) is 0 Å². The maximum atomic E-state index is 4.56. The Kier molecular flexibility index (Phi) is 6.91. The van der Waals surface area contributed by atoms with Crippen LogP contribution in [0.5, 0.6) is 0 Å². The standard InChI is InChI=1S/C23H27N3/c1-19(18-20-10-3-2-4-11-20)24-17-9-12-21(22-13-5-7-15-25-22)23-14-6-8-16-26-23/h2-8,10-11,13-16,19,21,24H,9,12,17-18H2,1H3. The predicted molar refractivity (Wildman–Crippen MR) is 107 cm³/mol. The van der Waals surface area contributed by atoms with Gasteiger partial charge in [-0.05, 0) is 62.6 Å². The number of pyridine rings is 2. The Morgan fingerprint density at radius 3 is 2.00 bits per heavy atom.